The van der Waals surface area contributed by atoms with Crippen LogP contribution in [-0.4, -0.2) is 48.3 Å². The summed E-state index contributed by atoms with van der Waals surface area (Å²) in [6, 6.07) is 0. The fourth-order valence-corrected chi connectivity index (χ4v) is 1.12. The molecular formula is C9H19NO3. The first-order valence-electron chi connectivity index (χ1n) is 4.72. The third kappa shape index (κ3) is 4.24. The summed E-state index contributed by atoms with van der Waals surface area (Å²) >= 11 is 0. The van der Waals surface area contributed by atoms with Crippen molar-refractivity contribution in [1.82, 2.24) is 4.90 Å². The fourth-order valence-electron chi connectivity index (χ4n) is 1.12. The molecule has 1 N–H and O–H groups in total. The Morgan fingerprint density at radius 2 is 2.23 bits per heavy atom. The van der Waals surface area contributed by atoms with Crippen LogP contribution in [-0.2, 0) is 9.53 Å². The zero-order valence-corrected chi connectivity index (χ0v) is 8.62. The summed E-state index contributed by atoms with van der Waals surface area (Å²) in [6.07, 6.45) is -0.187. The minimum absolute atomic E-state index is 0.0101. The van der Waals surface area contributed by atoms with Gasteiger partial charge in [-0.15, -0.1) is 0 Å². The van der Waals surface area contributed by atoms with E-state index in [9.17, 15) is 4.79 Å². The molecule has 0 spiro atoms. The lowest BCUT2D eigenvalue weighted by Crippen LogP contribution is -2.46. The van der Waals surface area contributed by atoms with Gasteiger partial charge in [-0.25, -0.2) is 0 Å². The topological polar surface area (TPSA) is 49.8 Å². The maximum Gasteiger partial charge on any atom is 0.219 e. The number of hydrogen-bond acceptors (Lipinski definition) is 3. The summed E-state index contributed by atoms with van der Waals surface area (Å²) in [5.74, 6) is 0.0479. The van der Waals surface area contributed by atoms with Gasteiger partial charge in [0.05, 0.1) is 19.3 Å². The van der Waals surface area contributed by atoms with Gasteiger partial charge in [0.1, 0.15) is 0 Å². The van der Waals surface area contributed by atoms with Crippen molar-refractivity contribution < 1.29 is 14.6 Å². The Kier molecular flexibility index (Phi) is 6.54. The van der Waals surface area contributed by atoms with E-state index >= 15 is 0 Å². The number of amides is 1. The molecule has 0 radical (unpaired) electrons. The van der Waals surface area contributed by atoms with E-state index in [-0.39, 0.29) is 18.6 Å². The van der Waals surface area contributed by atoms with Crippen molar-refractivity contribution in [3.8, 4) is 0 Å². The summed E-state index contributed by atoms with van der Waals surface area (Å²) in [5, 5.41) is 8.73. The summed E-state index contributed by atoms with van der Waals surface area (Å²) in [4.78, 5) is 12.5. The molecule has 1 atom stereocenters. The van der Waals surface area contributed by atoms with Gasteiger partial charge in [-0.1, -0.05) is 13.8 Å². The third-order valence-corrected chi connectivity index (χ3v) is 1.79. The van der Waals surface area contributed by atoms with Gasteiger partial charge in [-0.2, -0.15) is 0 Å². The molecule has 0 bridgehead atoms. The first-order chi connectivity index (χ1) is 6.24. The summed E-state index contributed by atoms with van der Waals surface area (Å²) in [7, 11) is 0. The molecule has 78 valence electrons. The largest absolute Gasteiger partial charge is 0.394 e. The minimum atomic E-state index is -0.187. The van der Waals surface area contributed by atoms with Crippen molar-refractivity contribution in [3.63, 3.8) is 0 Å². The van der Waals surface area contributed by atoms with Crippen LogP contribution < -0.4 is 0 Å². The predicted molar refractivity (Wildman–Crippen MR) is 50.4 cm³/mol. The van der Waals surface area contributed by atoms with Crippen molar-refractivity contribution in [3.05, 3.63) is 0 Å². The molecule has 0 aromatic rings. The van der Waals surface area contributed by atoms with Crippen molar-refractivity contribution >= 4 is 5.91 Å². The second kappa shape index (κ2) is 6.86. The van der Waals surface area contributed by atoms with Gasteiger partial charge < -0.3 is 14.7 Å². The lowest BCUT2D eigenvalue weighted by Gasteiger charge is -2.31. The quantitative estimate of drug-likeness (QED) is 0.643. The minimum Gasteiger partial charge on any atom is -0.394 e. The maximum atomic E-state index is 10.8. The summed E-state index contributed by atoms with van der Waals surface area (Å²) < 4.78 is 5.16. The molecule has 1 aliphatic heterocycles. The number of aliphatic hydroxyl groups is 1. The van der Waals surface area contributed by atoms with Crippen LogP contribution in [0.3, 0.4) is 0 Å². The van der Waals surface area contributed by atoms with E-state index in [1.807, 2.05) is 13.8 Å². The summed E-state index contributed by atoms with van der Waals surface area (Å²) in [6.45, 7) is 7.21. The van der Waals surface area contributed by atoms with Gasteiger partial charge in [0, 0.05) is 20.0 Å². The molecule has 13 heavy (non-hydrogen) atoms. The Bertz CT molecular complexity index is 150. The lowest BCUT2D eigenvalue weighted by molar-refractivity contribution is -0.137. The fraction of sp³-hybridized carbons (Fsp3) is 0.889. The zero-order valence-electron chi connectivity index (χ0n) is 8.62. The van der Waals surface area contributed by atoms with Crippen LogP contribution >= 0.6 is 0 Å². The molecule has 0 aromatic heterocycles. The Morgan fingerprint density at radius 1 is 1.62 bits per heavy atom. The molecule has 1 saturated heterocycles. The van der Waals surface area contributed by atoms with Crippen LogP contribution in [0, 0.1) is 0 Å². The molecule has 0 aromatic carbocycles. The van der Waals surface area contributed by atoms with E-state index in [0.717, 1.165) is 0 Å². The number of hydrogen-bond donors (Lipinski definition) is 1. The lowest BCUT2D eigenvalue weighted by atomic mass is 10.3. The van der Waals surface area contributed by atoms with Gasteiger partial charge in [0.2, 0.25) is 5.91 Å². The Hall–Kier alpha value is -0.610. The van der Waals surface area contributed by atoms with Crippen LogP contribution in [0.4, 0.5) is 0 Å². The number of rotatable bonds is 1. The van der Waals surface area contributed by atoms with Crippen molar-refractivity contribution in [2.75, 3.05) is 26.3 Å². The average molecular weight is 189 g/mol. The van der Waals surface area contributed by atoms with Gasteiger partial charge in [-0.3, -0.25) is 4.79 Å². The Labute approximate surface area is 79.5 Å². The number of nitrogens with zero attached hydrogens (tertiary/aromatic N) is 1. The van der Waals surface area contributed by atoms with Crippen molar-refractivity contribution in [2.45, 2.75) is 26.9 Å². The Balaban J connectivity index is 0.000000671. The second-order valence-electron chi connectivity index (χ2n) is 2.64. The maximum absolute atomic E-state index is 10.8. The van der Waals surface area contributed by atoms with E-state index in [2.05, 4.69) is 0 Å². The third-order valence-electron chi connectivity index (χ3n) is 1.79. The number of carbonyl (C=O) groups is 1. The standard InChI is InChI=1S/C7H13NO3.C2H6/c1-6(10)8-2-3-11-7(4-8)5-9;1-2/h7,9H,2-5H2,1H3;1-2H3. The highest BCUT2D eigenvalue weighted by Gasteiger charge is 2.20. The molecule has 4 nitrogen and oxygen atoms in total. The van der Waals surface area contributed by atoms with E-state index < -0.39 is 0 Å². The van der Waals surface area contributed by atoms with Gasteiger partial charge in [0.25, 0.3) is 0 Å². The molecule has 1 unspecified atom stereocenters. The van der Waals surface area contributed by atoms with Gasteiger partial charge in [0.15, 0.2) is 0 Å². The highest BCUT2D eigenvalue weighted by atomic mass is 16.5. The highest BCUT2D eigenvalue weighted by Crippen LogP contribution is 2.03. The van der Waals surface area contributed by atoms with Crippen molar-refractivity contribution in [2.24, 2.45) is 0 Å². The Morgan fingerprint density at radius 3 is 2.69 bits per heavy atom. The van der Waals surface area contributed by atoms with Gasteiger partial charge >= 0.3 is 0 Å². The van der Waals surface area contributed by atoms with E-state index in [4.69, 9.17) is 9.84 Å². The number of aliphatic hydroxyl groups excluding tert-OH is 1. The number of ether oxygens (including phenoxy) is 1. The molecule has 1 fully saturated rings. The molecule has 1 rings (SSSR count). The first-order valence-corrected chi connectivity index (χ1v) is 4.72. The van der Waals surface area contributed by atoms with E-state index in [1.54, 1.807) is 4.90 Å². The monoisotopic (exact) mass is 189 g/mol. The molecule has 0 aliphatic carbocycles. The predicted octanol–water partition coefficient (Wildman–Crippen LogP) is 0.252. The SMILES string of the molecule is CC.CC(=O)N1CCOC(CO)C1. The van der Waals surface area contributed by atoms with E-state index in [1.165, 1.54) is 6.92 Å². The second-order valence-corrected chi connectivity index (χ2v) is 2.64. The van der Waals surface area contributed by atoms with Crippen LogP contribution in [0.15, 0.2) is 0 Å². The molecule has 4 heteroatoms. The van der Waals surface area contributed by atoms with Crippen LogP contribution in [0.25, 0.3) is 0 Å². The van der Waals surface area contributed by atoms with Crippen LogP contribution in [0.1, 0.15) is 20.8 Å². The van der Waals surface area contributed by atoms with E-state index in [0.29, 0.717) is 19.7 Å². The van der Waals surface area contributed by atoms with Crippen molar-refractivity contribution in [1.29, 1.82) is 0 Å². The molecule has 0 saturated carbocycles. The van der Waals surface area contributed by atoms with Gasteiger partial charge in [-0.05, 0) is 0 Å². The van der Waals surface area contributed by atoms with Crippen LogP contribution in [0.2, 0.25) is 0 Å². The number of morpholine rings is 1. The smallest absolute Gasteiger partial charge is 0.219 e. The average Bonchev–Trinajstić information content (AvgIpc) is 2.21. The first kappa shape index (κ1) is 12.4. The molecule has 1 heterocycles. The number of carbonyl (C=O) groups excluding carboxylic acids is 1. The highest BCUT2D eigenvalue weighted by molar-refractivity contribution is 5.73. The summed E-state index contributed by atoms with van der Waals surface area (Å²) in [5.41, 5.74) is 0. The van der Waals surface area contributed by atoms with Crippen LogP contribution in [0.5, 0.6) is 0 Å². The normalized spacial score (nSPS) is 21.8. The molecule has 1 amide bonds. The molecular weight excluding hydrogens is 170 g/mol. The molecule has 1 aliphatic rings. The zero-order chi connectivity index (χ0) is 10.3.